The first kappa shape index (κ1) is 14.3. The molecule has 0 aromatic heterocycles. The number of ketones is 1. The van der Waals surface area contributed by atoms with Crippen molar-refractivity contribution in [3.05, 3.63) is 35.4 Å². The number of Topliss-reactive ketones (excluding diaryl/α,β-unsaturated/α-hetero) is 1. The van der Waals surface area contributed by atoms with E-state index in [1.54, 1.807) is 0 Å². The summed E-state index contributed by atoms with van der Waals surface area (Å²) in [6, 6.07) is 7.65. The Labute approximate surface area is 114 Å². The molecule has 1 aliphatic rings. The van der Waals surface area contributed by atoms with Gasteiger partial charge >= 0.3 is 0 Å². The average Bonchev–Trinajstić information content (AvgIpc) is 2.68. The van der Waals surface area contributed by atoms with Crippen molar-refractivity contribution in [1.29, 1.82) is 0 Å². The Morgan fingerprint density at radius 2 is 1.89 bits per heavy atom. The number of hydrogen-bond acceptors (Lipinski definition) is 3. The zero-order valence-electron chi connectivity index (χ0n) is 11.4. The molecule has 0 bridgehead atoms. The van der Waals surface area contributed by atoms with Crippen LogP contribution < -0.4 is 0 Å². The summed E-state index contributed by atoms with van der Waals surface area (Å²) in [7, 11) is -2.89. The van der Waals surface area contributed by atoms with Gasteiger partial charge in [0.25, 0.3) is 0 Å². The van der Waals surface area contributed by atoms with Gasteiger partial charge in [0, 0.05) is 12.0 Å². The summed E-state index contributed by atoms with van der Waals surface area (Å²) >= 11 is 0. The molecule has 1 aromatic rings. The maximum atomic E-state index is 12.1. The van der Waals surface area contributed by atoms with Gasteiger partial charge in [-0.1, -0.05) is 38.1 Å². The van der Waals surface area contributed by atoms with E-state index in [0.29, 0.717) is 24.3 Å². The fourth-order valence-corrected chi connectivity index (χ4v) is 4.33. The van der Waals surface area contributed by atoms with Crippen LogP contribution in [0.2, 0.25) is 0 Å². The molecule has 1 aliphatic heterocycles. The van der Waals surface area contributed by atoms with Crippen LogP contribution in [-0.4, -0.2) is 25.7 Å². The third kappa shape index (κ3) is 3.66. The number of carbonyl (C=O) groups excluding carboxylic acids is 1. The van der Waals surface area contributed by atoms with Crippen LogP contribution >= 0.6 is 0 Å². The van der Waals surface area contributed by atoms with E-state index in [1.165, 1.54) is 5.56 Å². The third-order valence-electron chi connectivity index (χ3n) is 3.70. The summed E-state index contributed by atoms with van der Waals surface area (Å²) in [5.74, 6) is 0.906. The molecule has 0 aliphatic carbocycles. The number of benzene rings is 1. The van der Waals surface area contributed by atoms with E-state index in [2.05, 4.69) is 13.8 Å². The lowest BCUT2D eigenvalue weighted by Gasteiger charge is -2.08. The Morgan fingerprint density at radius 3 is 2.37 bits per heavy atom. The predicted octanol–water partition coefficient (Wildman–Crippen LogP) is 2.82. The number of rotatable bonds is 4. The summed E-state index contributed by atoms with van der Waals surface area (Å²) in [5, 5.41) is 0. The van der Waals surface area contributed by atoms with Crippen LogP contribution in [0.1, 0.15) is 48.5 Å². The molecule has 0 amide bonds. The average molecular weight is 280 g/mol. The highest BCUT2D eigenvalue weighted by Crippen LogP contribution is 2.24. The molecular formula is C15H20O3S. The molecule has 104 valence electrons. The Kier molecular flexibility index (Phi) is 4.09. The van der Waals surface area contributed by atoms with Crippen LogP contribution in [0.5, 0.6) is 0 Å². The van der Waals surface area contributed by atoms with Crippen molar-refractivity contribution in [2.24, 2.45) is 5.92 Å². The van der Waals surface area contributed by atoms with Gasteiger partial charge in [0.2, 0.25) is 0 Å². The quantitative estimate of drug-likeness (QED) is 0.797. The molecule has 1 saturated heterocycles. The lowest BCUT2D eigenvalue weighted by atomic mass is 9.95. The van der Waals surface area contributed by atoms with Crippen molar-refractivity contribution in [1.82, 2.24) is 0 Å². The Hall–Kier alpha value is -1.16. The molecule has 0 radical (unpaired) electrons. The van der Waals surface area contributed by atoms with Crippen LogP contribution in [0, 0.1) is 5.92 Å². The highest BCUT2D eigenvalue weighted by Gasteiger charge is 2.29. The minimum absolute atomic E-state index is 0.00211. The topological polar surface area (TPSA) is 51.2 Å². The smallest absolute Gasteiger partial charge is 0.163 e. The van der Waals surface area contributed by atoms with Gasteiger partial charge in [-0.05, 0) is 23.8 Å². The third-order valence-corrected chi connectivity index (χ3v) is 5.54. The second-order valence-electron chi connectivity index (χ2n) is 5.67. The molecule has 4 heteroatoms. The molecule has 0 spiro atoms. The Morgan fingerprint density at radius 1 is 1.26 bits per heavy atom. The zero-order valence-corrected chi connectivity index (χ0v) is 12.2. The summed E-state index contributed by atoms with van der Waals surface area (Å²) in [5.41, 5.74) is 1.90. The monoisotopic (exact) mass is 280 g/mol. The molecule has 19 heavy (non-hydrogen) atoms. The van der Waals surface area contributed by atoms with Gasteiger partial charge in [-0.25, -0.2) is 8.42 Å². The summed E-state index contributed by atoms with van der Waals surface area (Å²) in [6.07, 6.45) is 0.971. The van der Waals surface area contributed by atoms with Crippen LogP contribution in [0.15, 0.2) is 24.3 Å². The normalized spacial score (nSPS) is 21.7. The summed E-state index contributed by atoms with van der Waals surface area (Å²) < 4.78 is 22.7. The summed E-state index contributed by atoms with van der Waals surface area (Å²) in [6.45, 7) is 4.22. The highest BCUT2D eigenvalue weighted by molar-refractivity contribution is 7.91. The largest absolute Gasteiger partial charge is 0.294 e. The van der Waals surface area contributed by atoms with Gasteiger partial charge in [0.1, 0.15) is 0 Å². The van der Waals surface area contributed by atoms with Gasteiger partial charge < -0.3 is 0 Å². The van der Waals surface area contributed by atoms with E-state index in [0.717, 1.165) is 0 Å². The van der Waals surface area contributed by atoms with Crippen LogP contribution in [0.3, 0.4) is 0 Å². The molecule has 0 saturated carbocycles. The highest BCUT2D eigenvalue weighted by atomic mass is 32.2. The predicted molar refractivity (Wildman–Crippen MR) is 76.2 cm³/mol. The van der Waals surface area contributed by atoms with Crippen molar-refractivity contribution in [3.8, 4) is 0 Å². The minimum Gasteiger partial charge on any atom is -0.294 e. The molecule has 2 rings (SSSR count). The van der Waals surface area contributed by atoms with E-state index < -0.39 is 9.84 Å². The fourth-order valence-electron chi connectivity index (χ4n) is 2.47. The lowest BCUT2D eigenvalue weighted by molar-refractivity contribution is 0.0965. The van der Waals surface area contributed by atoms with Gasteiger partial charge in [-0.15, -0.1) is 0 Å². The second kappa shape index (κ2) is 5.45. The molecule has 1 aromatic carbocycles. The van der Waals surface area contributed by atoms with E-state index >= 15 is 0 Å². The Balaban J connectivity index is 2.00. The molecule has 1 atom stereocenters. The lowest BCUT2D eigenvalue weighted by Crippen LogP contribution is -2.10. The standard InChI is InChI=1S/C15H20O3S/c1-11(2)13-3-5-14(6-4-13)15(16)9-12-7-8-19(17,18)10-12/h3-6,11-12H,7-10H2,1-2H3. The van der Waals surface area contributed by atoms with E-state index in [1.807, 2.05) is 24.3 Å². The zero-order chi connectivity index (χ0) is 14.0. The van der Waals surface area contributed by atoms with E-state index in [9.17, 15) is 13.2 Å². The molecule has 1 heterocycles. The second-order valence-corrected chi connectivity index (χ2v) is 7.90. The molecular weight excluding hydrogens is 260 g/mol. The first-order valence-corrected chi connectivity index (χ1v) is 8.53. The van der Waals surface area contributed by atoms with Crippen molar-refractivity contribution in [2.45, 2.75) is 32.6 Å². The SMILES string of the molecule is CC(C)c1ccc(C(=O)CC2CCS(=O)(=O)C2)cc1. The maximum absolute atomic E-state index is 12.1. The fraction of sp³-hybridized carbons (Fsp3) is 0.533. The van der Waals surface area contributed by atoms with Gasteiger partial charge in [-0.2, -0.15) is 0 Å². The van der Waals surface area contributed by atoms with Gasteiger partial charge in [0.15, 0.2) is 15.6 Å². The molecule has 3 nitrogen and oxygen atoms in total. The van der Waals surface area contributed by atoms with Gasteiger partial charge in [-0.3, -0.25) is 4.79 Å². The van der Waals surface area contributed by atoms with Crippen molar-refractivity contribution >= 4 is 15.6 Å². The van der Waals surface area contributed by atoms with Crippen LogP contribution in [-0.2, 0) is 9.84 Å². The molecule has 1 unspecified atom stereocenters. The molecule has 0 N–H and O–H groups in total. The first-order chi connectivity index (χ1) is 8.87. The van der Waals surface area contributed by atoms with Crippen molar-refractivity contribution < 1.29 is 13.2 Å². The van der Waals surface area contributed by atoms with Crippen LogP contribution in [0.25, 0.3) is 0 Å². The van der Waals surface area contributed by atoms with Crippen LogP contribution in [0.4, 0.5) is 0 Å². The maximum Gasteiger partial charge on any atom is 0.163 e. The van der Waals surface area contributed by atoms with E-state index in [-0.39, 0.29) is 23.2 Å². The number of hydrogen-bond donors (Lipinski definition) is 0. The molecule has 1 fully saturated rings. The minimum atomic E-state index is -2.89. The Bertz CT molecular complexity index is 556. The van der Waals surface area contributed by atoms with Crippen molar-refractivity contribution in [3.63, 3.8) is 0 Å². The van der Waals surface area contributed by atoms with Gasteiger partial charge in [0.05, 0.1) is 11.5 Å². The summed E-state index contributed by atoms with van der Waals surface area (Å²) in [4.78, 5) is 12.1. The van der Waals surface area contributed by atoms with E-state index in [4.69, 9.17) is 0 Å². The number of carbonyl (C=O) groups is 1. The number of sulfone groups is 1. The first-order valence-electron chi connectivity index (χ1n) is 6.71. The van der Waals surface area contributed by atoms with Crippen molar-refractivity contribution in [2.75, 3.05) is 11.5 Å².